The van der Waals surface area contributed by atoms with Gasteiger partial charge in [-0.2, -0.15) is 0 Å². The largest absolute Gasteiger partial charge is 0.489 e. The van der Waals surface area contributed by atoms with E-state index >= 15 is 0 Å². The number of carbonyl (C=O) groups is 1. The van der Waals surface area contributed by atoms with Crippen molar-refractivity contribution in [3.05, 3.63) is 57.4 Å². The van der Waals surface area contributed by atoms with Crippen LogP contribution in [0.2, 0.25) is 0 Å². The Morgan fingerprint density at radius 1 is 1.23 bits per heavy atom. The Balaban J connectivity index is 1.72. The van der Waals surface area contributed by atoms with Crippen LogP contribution in [0.4, 0.5) is 5.13 Å². The average Bonchev–Trinajstić information content (AvgIpc) is 3.15. The summed E-state index contributed by atoms with van der Waals surface area (Å²) in [6, 6.07) is 7.89. The number of nitrogens with one attached hydrogen (secondary N) is 1. The van der Waals surface area contributed by atoms with Gasteiger partial charge in [0.1, 0.15) is 18.1 Å². The summed E-state index contributed by atoms with van der Waals surface area (Å²) in [7, 11) is 0. The molecule has 26 heavy (non-hydrogen) atoms. The Kier molecular flexibility index (Phi) is 5.37. The second-order valence-electron chi connectivity index (χ2n) is 5.97. The minimum absolute atomic E-state index is 0.208. The molecule has 1 amide bonds. The van der Waals surface area contributed by atoms with Gasteiger partial charge in [0.25, 0.3) is 5.91 Å². The third-order valence-corrected chi connectivity index (χ3v) is 5.15. The maximum absolute atomic E-state index is 12.5. The van der Waals surface area contributed by atoms with Gasteiger partial charge >= 0.3 is 0 Å². The topological polar surface area (TPSA) is 77.2 Å². The Labute approximate surface area is 156 Å². The van der Waals surface area contributed by atoms with Crippen LogP contribution in [0, 0.1) is 20.8 Å². The van der Waals surface area contributed by atoms with Gasteiger partial charge in [-0.25, -0.2) is 4.98 Å². The van der Waals surface area contributed by atoms with Gasteiger partial charge in [-0.05, 0) is 44.9 Å². The molecule has 3 rings (SSSR count). The van der Waals surface area contributed by atoms with E-state index < -0.39 is 0 Å². The van der Waals surface area contributed by atoms with Gasteiger partial charge < -0.3 is 9.26 Å². The molecular weight excluding hydrogens is 350 g/mol. The first-order chi connectivity index (χ1) is 12.5. The van der Waals surface area contributed by atoms with Gasteiger partial charge in [0.05, 0.1) is 11.3 Å². The van der Waals surface area contributed by atoms with Crippen molar-refractivity contribution in [2.24, 2.45) is 0 Å². The first kappa shape index (κ1) is 18.1. The number of hydrogen-bond donors (Lipinski definition) is 1. The minimum Gasteiger partial charge on any atom is -0.489 e. The molecular formula is C19H21N3O3S. The lowest BCUT2D eigenvalue weighted by molar-refractivity contribution is 0.101. The van der Waals surface area contributed by atoms with Crippen LogP contribution in [0.3, 0.4) is 0 Å². The molecule has 0 saturated carbocycles. The van der Waals surface area contributed by atoms with Crippen molar-refractivity contribution in [1.29, 1.82) is 0 Å². The van der Waals surface area contributed by atoms with Crippen LogP contribution in [0.25, 0.3) is 0 Å². The van der Waals surface area contributed by atoms with Gasteiger partial charge in [-0.3, -0.25) is 10.1 Å². The molecule has 7 heteroatoms. The fraction of sp³-hybridized carbons (Fsp3) is 0.316. The van der Waals surface area contributed by atoms with Crippen molar-refractivity contribution >= 4 is 22.4 Å². The van der Waals surface area contributed by atoms with E-state index in [9.17, 15) is 4.79 Å². The summed E-state index contributed by atoms with van der Waals surface area (Å²) in [5.41, 5.74) is 3.00. The van der Waals surface area contributed by atoms with E-state index in [1.807, 2.05) is 38.1 Å². The number of nitrogens with zero attached hydrogens (tertiary/aromatic N) is 2. The number of rotatable bonds is 6. The molecule has 3 aromatic rings. The number of benzene rings is 1. The van der Waals surface area contributed by atoms with E-state index in [1.165, 1.54) is 16.9 Å². The lowest BCUT2D eigenvalue weighted by atomic mass is 10.1. The van der Waals surface area contributed by atoms with Gasteiger partial charge in [0, 0.05) is 4.88 Å². The fourth-order valence-corrected chi connectivity index (χ4v) is 3.21. The summed E-state index contributed by atoms with van der Waals surface area (Å²) in [5, 5.41) is 7.22. The Hall–Kier alpha value is -2.67. The summed E-state index contributed by atoms with van der Waals surface area (Å²) in [4.78, 5) is 17.9. The number of aryl methyl sites for hydroxylation is 4. The van der Waals surface area contributed by atoms with Crippen LogP contribution in [0.5, 0.6) is 5.75 Å². The Morgan fingerprint density at radius 3 is 2.58 bits per heavy atom. The summed E-state index contributed by atoms with van der Waals surface area (Å²) in [6.45, 7) is 7.95. The predicted octanol–water partition coefficient (Wildman–Crippen LogP) is 4.45. The number of thiazole rings is 1. The quantitative estimate of drug-likeness (QED) is 0.693. The predicted molar refractivity (Wildman–Crippen MR) is 101 cm³/mol. The number of aromatic nitrogens is 2. The van der Waals surface area contributed by atoms with Crippen LogP contribution in [0.1, 0.15) is 44.9 Å². The molecule has 0 atom stereocenters. The van der Waals surface area contributed by atoms with Gasteiger partial charge in [0.2, 0.25) is 0 Å². The number of ether oxygens (including phenoxy) is 1. The SMILES string of the molecule is CCc1ccc(OCc2c(C(=O)Nc3nc(C)c(C)s3)noc2C)cc1. The zero-order chi connectivity index (χ0) is 18.7. The second kappa shape index (κ2) is 7.70. The molecule has 136 valence electrons. The Bertz CT molecular complexity index is 893. The summed E-state index contributed by atoms with van der Waals surface area (Å²) in [6.07, 6.45) is 0.977. The molecule has 0 aliphatic carbocycles. The van der Waals surface area contributed by atoms with Crippen molar-refractivity contribution < 1.29 is 14.1 Å². The molecule has 1 aromatic carbocycles. The molecule has 0 saturated heterocycles. The molecule has 0 radical (unpaired) electrons. The lowest BCUT2D eigenvalue weighted by Gasteiger charge is -2.07. The van der Waals surface area contributed by atoms with E-state index in [1.54, 1.807) is 6.92 Å². The maximum atomic E-state index is 12.5. The molecule has 0 aliphatic heterocycles. The second-order valence-corrected chi connectivity index (χ2v) is 7.17. The highest BCUT2D eigenvalue weighted by Gasteiger charge is 2.21. The van der Waals surface area contributed by atoms with Gasteiger partial charge in [-0.15, -0.1) is 11.3 Å². The molecule has 0 unspecified atom stereocenters. The number of hydrogen-bond acceptors (Lipinski definition) is 6. The highest BCUT2D eigenvalue weighted by molar-refractivity contribution is 7.15. The van der Waals surface area contributed by atoms with E-state index in [0.29, 0.717) is 16.5 Å². The van der Waals surface area contributed by atoms with E-state index in [4.69, 9.17) is 9.26 Å². The summed E-state index contributed by atoms with van der Waals surface area (Å²) < 4.78 is 11.0. The minimum atomic E-state index is -0.351. The van der Waals surface area contributed by atoms with Crippen molar-refractivity contribution in [3.8, 4) is 5.75 Å². The molecule has 2 aromatic heterocycles. The zero-order valence-electron chi connectivity index (χ0n) is 15.3. The maximum Gasteiger partial charge on any atom is 0.280 e. The standard InChI is InChI=1S/C19H21N3O3S/c1-5-14-6-8-15(9-7-14)24-10-16-12(3)25-22-17(16)18(23)21-19-20-11(2)13(4)26-19/h6-9H,5,10H2,1-4H3,(H,20,21,23). The lowest BCUT2D eigenvalue weighted by Crippen LogP contribution is -2.15. The highest BCUT2D eigenvalue weighted by Crippen LogP contribution is 2.23. The van der Waals surface area contributed by atoms with Crippen molar-refractivity contribution in [2.75, 3.05) is 5.32 Å². The normalized spacial score (nSPS) is 10.8. The molecule has 1 N–H and O–H groups in total. The first-order valence-corrected chi connectivity index (χ1v) is 9.21. The van der Waals surface area contributed by atoms with Crippen molar-refractivity contribution in [1.82, 2.24) is 10.1 Å². The highest BCUT2D eigenvalue weighted by atomic mass is 32.1. The monoisotopic (exact) mass is 371 g/mol. The number of amides is 1. The van der Waals surface area contributed by atoms with Gasteiger partial charge in [-0.1, -0.05) is 24.2 Å². The molecule has 2 heterocycles. The average molecular weight is 371 g/mol. The third-order valence-electron chi connectivity index (χ3n) is 4.16. The molecule has 6 nitrogen and oxygen atoms in total. The van der Waals surface area contributed by atoms with E-state index in [0.717, 1.165) is 22.7 Å². The molecule has 0 fully saturated rings. The summed E-state index contributed by atoms with van der Waals surface area (Å²) >= 11 is 1.43. The van der Waals surface area contributed by atoms with Gasteiger partial charge in [0.15, 0.2) is 10.8 Å². The number of anilines is 1. The first-order valence-electron chi connectivity index (χ1n) is 8.40. The van der Waals surface area contributed by atoms with Crippen LogP contribution in [0.15, 0.2) is 28.8 Å². The molecule has 0 spiro atoms. The Morgan fingerprint density at radius 2 is 1.96 bits per heavy atom. The smallest absolute Gasteiger partial charge is 0.280 e. The third kappa shape index (κ3) is 3.94. The van der Waals surface area contributed by atoms with E-state index in [2.05, 4.69) is 22.4 Å². The van der Waals surface area contributed by atoms with Crippen LogP contribution < -0.4 is 10.1 Å². The molecule has 0 bridgehead atoms. The van der Waals surface area contributed by atoms with Crippen LogP contribution >= 0.6 is 11.3 Å². The molecule has 0 aliphatic rings. The summed E-state index contributed by atoms with van der Waals surface area (Å²) in [5.74, 6) is 0.947. The van der Waals surface area contributed by atoms with Crippen molar-refractivity contribution in [2.45, 2.75) is 40.7 Å². The zero-order valence-corrected chi connectivity index (χ0v) is 16.1. The number of carbonyl (C=O) groups excluding carboxylic acids is 1. The van der Waals surface area contributed by atoms with Crippen LogP contribution in [-0.4, -0.2) is 16.0 Å². The fourth-order valence-electron chi connectivity index (χ4n) is 2.40. The van der Waals surface area contributed by atoms with E-state index in [-0.39, 0.29) is 18.2 Å². The van der Waals surface area contributed by atoms with Crippen molar-refractivity contribution in [3.63, 3.8) is 0 Å². The van der Waals surface area contributed by atoms with Crippen LogP contribution in [-0.2, 0) is 13.0 Å².